The molecule has 0 spiro atoms. The van der Waals surface area contributed by atoms with Crippen LogP contribution in [0.15, 0.2) is 35.4 Å². The van der Waals surface area contributed by atoms with Crippen LogP contribution in [0.25, 0.3) is 0 Å². The molecule has 158 valence electrons. The molecule has 2 heterocycles. The Morgan fingerprint density at radius 3 is 2.52 bits per heavy atom. The highest BCUT2D eigenvalue weighted by atomic mass is 32.2. The minimum absolute atomic E-state index is 0.109. The number of benzene rings is 1. The molecule has 8 nitrogen and oxygen atoms in total. The fraction of sp³-hybridized carbons (Fsp3) is 0.474. The summed E-state index contributed by atoms with van der Waals surface area (Å²) < 4.78 is 46.8. The third kappa shape index (κ3) is 4.94. The van der Waals surface area contributed by atoms with Crippen molar-refractivity contribution in [1.82, 2.24) is 19.4 Å². The van der Waals surface area contributed by atoms with Crippen LogP contribution in [0.3, 0.4) is 0 Å². The molecule has 0 unspecified atom stereocenters. The standard InChI is InChI=1S/C19H25FN4O4S/c1-14-18(13-22-23(14)2)29(26,27)24-10-7-15(8-11-24)19(25)21-9-12-28-17-5-3-16(20)4-6-17/h3-6,13,15H,7-12H2,1-2H3,(H,21,25). The van der Waals surface area contributed by atoms with Crippen LogP contribution in [0.2, 0.25) is 0 Å². The Bertz CT molecular complexity index is 951. The van der Waals surface area contributed by atoms with Crippen LogP contribution >= 0.6 is 0 Å². The summed E-state index contributed by atoms with van der Waals surface area (Å²) in [5, 5.41) is 6.82. The number of ether oxygens (including phenoxy) is 1. The maximum absolute atomic E-state index is 12.8. The second kappa shape index (κ2) is 8.91. The molecule has 0 saturated carbocycles. The lowest BCUT2D eigenvalue weighted by Crippen LogP contribution is -2.43. The van der Waals surface area contributed by atoms with Gasteiger partial charge in [0.1, 0.15) is 23.1 Å². The van der Waals surface area contributed by atoms with Gasteiger partial charge in [0, 0.05) is 26.1 Å². The second-order valence-corrected chi connectivity index (χ2v) is 8.90. The van der Waals surface area contributed by atoms with Crippen LogP contribution < -0.4 is 10.1 Å². The lowest BCUT2D eigenvalue weighted by Gasteiger charge is -2.30. The number of amides is 1. The van der Waals surface area contributed by atoms with E-state index in [2.05, 4.69) is 10.4 Å². The zero-order chi connectivity index (χ0) is 21.0. The summed E-state index contributed by atoms with van der Waals surface area (Å²) in [4.78, 5) is 12.5. The van der Waals surface area contributed by atoms with Crippen molar-refractivity contribution in [3.05, 3.63) is 42.0 Å². The molecule has 1 fully saturated rings. The first-order chi connectivity index (χ1) is 13.8. The van der Waals surface area contributed by atoms with E-state index in [-0.39, 0.29) is 29.1 Å². The Morgan fingerprint density at radius 2 is 1.93 bits per heavy atom. The molecule has 0 bridgehead atoms. The third-order valence-electron chi connectivity index (χ3n) is 5.12. The van der Waals surface area contributed by atoms with Gasteiger partial charge in [-0.1, -0.05) is 0 Å². The van der Waals surface area contributed by atoms with Crippen molar-refractivity contribution in [1.29, 1.82) is 0 Å². The van der Waals surface area contributed by atoms with Gasteiger partial charge in [0.25, 0.3) is 0 Å². The number of rotatable bonds is 7. The fourth-order valence-corrected chi connectivity index (χ4v) is 4.90. The van der Waals surface area contributed by atoms with E-state index in [0.717, 1.165) is 0 Å². The largest absolute Gasteiger partial charge is 0.492 e. The van der Waals surface area contributed by atoms with Crippen LogP contribution in [0.5, 0.6) is 5.75 Å². The fourth-order valence-electron chi connectivity index (χ4n) is 3.25. The maximum atomic E-state index is 12.8. The number of aryl methyl sites for hydroxylation is 1. The number of hydrogen-bond acceptors (Lipinski definition) is 5. The highest BCUT2D eigenvalue weighted by molar-refractivity contribution is 7.89. The van der Waals surface area contributed by atoms with Crippen molar-refractivity contribution in [3.63, 3.8) is 0 Å². The van der Waals surface area contributed by atoms with Crippen molar-refractivity contribution in [2.45, 2.75) is 24.7 Å². The molecule has 1 aromatic carbocycles. The highest BCUT2D eigenvalue weighted by Crippen LogP contribution is 2.25. The molecule has 1 N–H and O–H groups in total. The predicted octanol–water partition coefficient (Wildman–Crippen LogP) is 1.46. The Balaban J connectivity index is 1.44. The van der Waals surface area contributed by atoms with Gasteiger partial charge in [-0.05, 0) is 44.0 Å². The molecule has 2 aromatic rings. The van der Waals surface area contributed by atoms with Gasteiger partial charge in [-0.15, -0.1) is 0 Å². The third-order valence-corrected chi connectivity index (χ3v) is 7.12. The number of hydrogen-bond donors (Lipinski definition) is 1. The molecule has 29 heavy (non-hydrogen) atoms. The smallest absolute Gasteiger partial charge is 0.246 e. The summed E-state index contributed by atoms with van der Waals surface area (Å²) in [7, 11) is -1.90. The van der Waals surface area contributed by atoms with Crippen molar-refractivity contribution < 1.29 is 22.3 Å². The van der Waals surface area contributed by atoms with E-state index in [1.54, 1.807) is 14.0 Å². The van der Waals surface area contributed by atoms with Crippen LogP contribution in [-0.2, 0) is 21.9 Å². The predicted molar refractivity (Wildman–Crippen MR) is 104 cm³/mol. The molecule has 1 aliphatic rings. The Labute approximate surface area is 169 Å². The molecule has 1 aromatic heterocycles. The van der Waals surface area contributed by atoms with E-state index >= 15 is 0 Å². The number of nitrogens with zero attached hydrogens (tertiary/aromatic N) is 3. The zero-order valence-corrected chi connectivity index (χ0v) is 17.3. The Hall–Kier alpha value is -2.46. The summed E-state index contributed by atoms with van der Waals surface area (Å²) in [5.41, 5.74) is 0.589. The average Bonchev–Trinajstić information content (AvgIpc) is 3.06. The Kier molecular flexibility index (Phi) is 6.53. The first-order valence-electron chi connectivity index (χ1n) is 9.44. The maximum Gasteiger partial charge on any atom is 0.246 e. The molecule has 0 radical (unpaired) electrons. The van der Waals surface area contributed by atoms with Crippen molar-refractivity contribution in [3.8, 4) is 5.75 Å². The average molecular weight is 424 g/mol. The summed E-state index contributed by atoms with van der Waals surface area (Å²) in [6, 6.07) is 5.67. The van der Waals surface area contributed by atoms with Crippen LogP contribution in [0.1, 0.15) is 18.5 Å². The molecule has 10 heteroatoms. The number of piperidine rings is 1. The quantitative estimate of drug-likeness (QED) is 0.680. The first kappa shape index (κ1) is 21.3. The molecule has 1 aliphatic heterocycles. The van der Waals surface area contributed by atoms with Gasteiger partial charge < -0.3 is 10.1 Å². The van der Waals surface area contributed by atoms with Crippen LogP contribution in [0, 0.1) is 18.7 Å². The molecule has 1 amide bonds. The van der Waals surface area contributed by atoms with Gasteiger partial charge >= 0.3 is 0 Å². The summed E-state index contributed by atoms with van der Waals surface area (Å²) >= 11 is 0. The van der Waals surface area contributed by atoms with Gasteiger partial charge in [0.2, 0.25) is 15.9 Å². The van der Waals surface area contributed by atoms with Crippen molar-refractivity contribution in [2.24, 2.45) is 13.0 Å². The van der Waals surface area contributed by atoms with Gasteiger partial charge in [-0.25, -0.2) is 12.8 Å². The molecule has 0 atom stereocenters. The molecule has 3 rings (SSSR count). The van der Waals surface area contributed by atoms with Gasteiger partial charge in [-0.3, -0.25) is 9.48 Å². The van der Waals surface area contributed by atoms with E-state index in [0.29, 0.717) is 43.9 Å². The topological polar surface area (TPSA) is 93.5 Å². The number of halogens is 1. The van der Waals surface area contributed by atoms with E-state index in [9.17, 15) is 17.6 Å². The monoisotopic (exact) mass is 424 g/mol. The van der Waals surface area contributed by atoms with Gasteiger partial charge in [0.05, 0.1) is 18.4 Å². The van der Waals surface area contributed by atoms with Gasteiger partial charge in [0.15, 0.2) is 0 Å². The summed E-state index contributed by atoms with van der Waals surface area (Å²) in [6.07, 6.45) is 2.29. The van der Waals surface area contributed by atoms with E-state index < -0.39 is 10.0 Å². The number of aromatic nitrogens is 2. The first-order valence-corrected chi connectivity index (χ1v) is 10.9. The summed E-state index contributed by atoms with van der Waals surface area (Å²) in [5.74, 6) is -0.146. The number of nitrogens with one attached hydrogen (secondary N) is 1. The normalized spacial score (nSPS) is 16.0. The SMILES string of the molecule is Cc1c(S(=O)(=O)N2CCC(C(=O)NCCOc3ccc(F)cc3)CC2)cnn1C. The van der Waals surface area contributed by atoms with E-state index in [1.807, 2.05) is 0 Å². The number of carbonyl (C=O) groups is 1. The summed E-state index contributed by atoms with van der Waals surface area (Å²) in [6.45, 7) is 2.89. The molecular weight excluding hydrogens is 399 g/mol. The van der Waals surface area contributed by atoms with Crippen LogP contribution in [-0.4, -0.2) is 54.7 Å². The van der Waals surface area contributed by atoms with E-state index in [1.165, 1.54) is 39.4 Å². The minimum Gasteiger partial charge on any atom is -0.492 e. The van der Waals surface area contributed by atoms with Crippen molar-refractivity contribution >= 4 is 15.9 Å². The Morgan fingerprint density at radius 1 is 1.28 bits per heavy atom. The number of carbonyl (C=O) groups excluding carboxylic acids is 1. The molecule has 1 saturated heterocycles. The van der Waals surface area contributed by atoms with E-state index in [4.69, 9.17) is 4.74 Å². The second-order valence-electron chi connectivity index (χ2n) is 6.99. The van der Waals surface area contributed by atoms with Crippen LogP contribution in [0.4, 0.5) is 4.39 Å². The lowest BCUT2D eigenvalue weighted by atomic mass is 9.97. The molecule has 0 aliphatic carbocycles. The minimum atomic E-state index is -3.60. The highest BCUT2D eigenvalue weighted by Gasteiger charge is 2.33. The lowest BCUT2D eigenvalue weighted by molar-refractivity contribution is -0.126. The molecular formula is C19H25FN4O4S. The van der Waals surface area contributed by atoms with Gasteiger partial charge in [-0.2, -0.15) is 9.40 Å². The zero-order valence-electron chi connectivity index (χ0n) is 16.5. The number of sulfonamides is 1. The van der Waals surface area contributed by atoms with Crippen molar-refractivity contribution in [2.75, 3.05) is 26.2 Å².